The number of hydrogen-bond acceptors (Lipinski definition) is 3. The lowest BCUT2D eigenvalue weighted by Gasteiger charge is -2.44. The lowest BCUT2D eigenvalue weighted by molar-refractivity contribution is -0.120. The Morgan fingerprint density at radius 1 is 1.30 bits per heavy atom. The van der Waals surface area contributed by atoms with E-state index in [9.17, 15) is 9.59 Å². The summed E-state index contributed by atoms with van der Waals surface area (Å²) < 4.78 is 0. The van der Waals surface area contributed by atoms with Gasteiger partial charge in [0.1, 0.15) is 6.04 Å². The number of rotatable bonds is 1. The number of anilines is 2. The van der Waals surface area contributed by atoms with Gasteiger partial charge in [-0.15, -0.1) is 0 Å². The first-order chi connectivity index (χ1) is 9.63. The van der Waals surface area contributed by atoms with E-state index >= 15 is 0 Å². The molecule has 1 N–H and O–H groups in total. The maximum absolute atomic E-state index is 12.5. The molecule has 0 bridgehead atoms. The highest BCUT2D eigenvalue weighted by Gasteiger charge is 2.37. The van der Waals surface area contributed by atoms with E-state index in [-0.39, 0.29) is 17.9 Å². The van der Waals surface area contributed by atoms with E-state index in [1.807, 2.05) is 12.1 Å². The second-order valence-corrected chi connectivity index (χ2v) is 5.38. The summed E-state index contributed by atoms with van der Waals surface area (Å²) in [5.74, 6) is 0.000623. The van der Waals surface area contributed by atoms with Crippen LogP contribution in [0.25, 0.3) is 0 Å². The van der Waals surface area contributed by atoms with Gasteiger partial charge in [-0.1, -0.05) is 0 Å². The number of carbonyl (C=O) groups excluding carboxylic acids is 2. The Bertz CT molecular complexity index is 570. The predicted molar refractivity (Wildman–Crippen MR) is 78.2 cm³/mol. The topological polar surface area (TPSA) is 52.7 Å². The van der Waals surface area contributed by atoms with Crippen molar-refractivity contribution in [1.82, 2.24) is 5.32 Å². The van der Waals surface area contributed by atoms with Crippen LogP contribution in [-0.2, 0) is 4.79 Å². The second kappa shape index (κ2) is 4.81. The number of hydrogen-bond donors (Lipinski definition) is 1. The van der Waals surface area contributed by atoms with Gasteiger partial charge in [-0.2, -0.15) is 0 Å². The monoisotopic (exact) mass is 273 g/mol. The van der Waals surface area contributed by atoms with Gasteiger partial charge in [-0.3, -0.25) is 9.59 Å². The third-order valence-corrected chi connectivity index (χ3v) is 4.25. The number of amides is 2. The predicted octanol–water partition coefficient (Wildman–Crippen LogP) is 1.38. The van der Waals surface area contributed by atoms with Gasteiger partial charge in [0.15, 0.2) is 0 Å². The van der Waals surface area contributed by atoms with Crippen molar-refractivity contribution in [1.29, 1.82) is 0 Å². The van der Waals surface area contributed by atoms with Crippen LogP contribution in [0.3, 0.4) is 0 Å². The zero-order valence-electron chi connectivity index (χ0n) is 11.8. The van der Waals surface area contributed by atoms with Crippen molar-refractivity contribution in [2.75, 3.05) is 30.4 Å². The number of fused-ring (bicyclic) bond motifs is 3. The molecule has 1 saturated heterocycles. The number of nitrogens with zero attached hydrogens (tertiary/aromatic N) is 2. The fourth-order valence-electron chi connectivity index (χ4n) is 3.14. The number of benzene rings is 1. The van der Waals surface area contributed by atoms with Crippen LogP contribution >= 0.6 is 0 Å². The third-order valence-electron chi connectivity index (χ3n) is 4.25. The van der Waals surface area contributed by atoms with Gasteiger partial charge in [0.05, 0.1) is 11.4 Å². The van der Waals surface area contributed by atoms with E-state index in [1.54, 1.807) is 25.1 Å². The lowest BCUT2D eigenvalue weighted by Crippen LogP contribution is -2.54. The molecule has 3 rings (SSSR count). The summed E-state index contributed by atoms with van der Waals surface area (Å²) in [4.78, 5) is 28.1. The van der Waals surface area contributed by atoms with Gasteiger partial charge < -0.3 is 15.1 Å². The standard InChI is InChI=1S/C15H19N3O2/c1-16-14(19)10-6-7-11-13(9-10)17(2)15(20)12-5-3-4-8-18(11)12/h6-7,9,12H,3-5,8H2,1-2H3,(H,16,19). The van der Waals surface area contributed by atoms with Crippen LogP contribution in [0.1, 0.15) is 29.6 Å². The molecule has 2 amide bonds. The Kier molecular flexibility index (Phi) is 3.12. The minimum atomic E-state index is -0.130. The van der Waals surface area contributed by atoms with Gasteiger partial charge in [0.2, 0.25) is 5.91 Å². The SMILES string of the molecule is CNC(=O)c1ccc2c(c1)N(C)C(=O)C1CCCCN21. The van der Waals surface area contributed by atoms with E-state index in [0.29, 0.717) is 5.56 Å². The Hall–Kier alpha value is -2.04. The fraction of sp³-hybridized carbons (Fsp3) is 0.467. The van der Waals surface area contributed by atoms with Crippen molar-refractivity contribution in [3.8, 4) is 0 Å². The molecule has 1 fully saturated rings. The molecule has 0 spiro atoms. The lowest BCUT2D eigenvalue weighted by atomic mass is 9.96. The number of nitrogens with one attached hydrogen (secondary N) is 1. The van der Waals surface area contributed by atoms with Gasteiger partial charge >= 0.3 is 0 Å². The van der Waals surface area contributed by atoms with Gasteiger partial charge in [-0.25, -0.2) is 0 Å². The molecule has 2 aliphatic heterocycles. The van der Waals surface area contributed by atoms with Crippen molar-refractivity contribution in [3.05, 3.63) is 23.8 Å². The molecule has 1 aromatic rings. The van der Waals surface area contributed by atoms with E-state index < -0.39 is 0 Å². The van der Waals surface area contributed by atoms with E-state index in [2.05, 4.69) is 10.2 Å². The van der Waals surface area contributed by atoms with Crippen LogP contribution in [0.2, 0.25) is 0 Å². The normalized spacial score (nSPS) is 21.3. The first-order valence-electron chi connectivity index (χ1n) is 7.04. The summed E-state index contributed by atoms with van der Waals surface area (Å²) in [6, 6.07) is 5.55. The van der Waals surface area contributed by atoms with Crippen molar-refractivity contribution in [2.24, 2.45) is 0 Å². The number of likely N-dealkylation sites (N-methyl/N-ethyl adjacent to an activating group) is 1. The summed E-state index contributed by atoms with van der Waals surface area (Å²) in [5.41, 5.74) is 2.47. The number of carbonyl (C=O) groups is 2. The molecule has 2 aliphatic rings. The Balaban J connectivity index is 2.07. The molecule has 0 aliphatic carbocycles. The third kappa shape index (κ3) is 1.85. The Morgan fingerprint density at radius 2 is 2.10 bits per heavy atom. The summed E-state index contributed by atoms with van der Waals surface area (Å²) in [6.45, 7) is 0.913. The molecule has 20 heavy (non-hydrogen) atoms. The molecule has 2 heterocycles. The molecule has 0 radical (unpaired) electrons. The average Bonchev–Trinajstić information content (AvgIpc) is 2.51. The zero-order valence-corrected chi connectivity index (χ0v) is 11.8. The van der Waals surface area contributed by atoms with Gasteiger partial charge in [0, 0.05) is 26.2 Å². The molecule has 1 atom stereocenters. The fourth-order valence-corrected chi connectivity index (χ4v) is 3.14. The van der Waals surface area contributed by atoms with Crippen molar-refractivity contribution in [3.63, 3.8) is 0 Å². The van der Waals surface area contributed by atoms with Crippen LogP contribution < -0.4 is 15.1 Å². The molecule has 1 aromatic carbocycles. The maximum Gasteiger partial charge on any atom is 0.251 e. The highest BCUT2D eigenvalue weighted by molar-refractivity contribution is 6.07. The molecular weight excluding hydrogens is 254 g/mol. The minimum absolute atomic E-state index is 0.0351. The summed E-state index contributed by atoms with van der Waals surface area (Å²) >= 11 is 0. The summed E-state index contributed by atoms with van der Waals surface area (Å²) in [6.07, 6.45) is 3.14. The van der Waals surface area contributed by atoms with Crippen molar-refractivity contribution >= 4 is 23.2 Å². The van der Waals surface area contributed by atoms with Crippen LogP contribution in [0.15, 0.2) is 18.2 Å². The first-order valence-corrected chi connectivity index (χ1v) is 7.04. The van der Waals surface area contributed by atoms with E-state index in [1.165, 1.54) is 0 Å². The average molecular weight is 273 g/mol. The Morgan fingerprint density at radius 3 is 2.85 bits per heavy atom. The maximum atomic E-state index is 12.5. The number of piperidine rings is 1. The second-order valence-electron chi connectivity index (χ2n) is 5.38. The largest absolute Gasteiger partial charge is 0.358 e. The summed E-state index contributed by atoms with van der Waals surface area (Å²) in [7, 11) is 3.40. The highest BCUT2D eigenvalue weighted by Crippen LogP contribution is 2.39. The highest BCUT2D eigenvalue weighted by atomic mass is 16.2. The zero-order chi connectivity index (χ0) is 14.3. The molecule has 106 valence electrons. The molecular formula is C15H19N3O2. The van der Waals surface area contributed by atoms with Crippen LogP contribution in [0.5, 0.6) is 0 Å². The Labute approximate surface area is 118 Å². The van der Waals surface area contributed by atoms with Crippen molar-refractivity contribution in [2.45, 2.75) is 25.3 Å². The van der Waals surface area contributed by atoms with E-state index in [0.717, 1.165) is 37.2 Å². The molecule has 5 nitrogen and oxygen atoms in total. The summed E-state index contributed by atoms with van der Waals surface area (Å²) in [5, 5.41) is 2.61. The molecule has 5 heteroatoms. The first kappa shape index (κ1) is 13.0. The van der Waals surface area contributed by atoms with Crippen LogP contribution in [-0.4, -0.2) is 38.5 Å². The molecule has 0 aromatic heterocycles. The van der Waals surface area contributed by atoms with E-state index in [4.69, 9.17) is 0 Å². The minimum Gasteiger partial charge on any atom is -0.358 e. The van der Waals surface area contributed by atoms with Crippen LogP contribution in [0, 0.1) is 0 Å². The molecule has 1 unspecified atom stereocenters. The quantitative estimate of drug-likeness (QED) is 0.841. The van der Waals surface area contributed by atoms with Crippen LogP contribution in [0.4, 0.5) is 11.4 Å². The molecule has 0 saturated carbocycles. The van der Waals surface area contributed by atoms with Crippen molar-refractivity contribution < 1.29 is 9.59 Å². The van der Waals surface area contributed by atoms with Gasteiger partial charge in [0.25, 0.3) is 5.91 Å². The smallest absolute Gasteiger partial charge is 0.251 e. The van der Waals surface area contributed by atoms with Gasteiger partial charge in [-0.05, 0) is 37.5 Å².